The highest BCUT2D eigenvalue weighted by molar-refractivity contribution is 7.95. The first-order valence-electron chi connectivity index (χ1n) is 9.03. The third kappa shape index (κ3) is 6.58. The number of nitrogens with one attached hydrogen (secondary N) is 1. The van der Waals surface area contributed by atoms with Gasteiger partial charge in [0.1, 0.15) is 12.0 Å². The van der Waals surface area contributed by atoms with Gasteiger partial charge in [0.05, 0.1) is 0 Å². The van der Waals surface area contributed by atoms with E-state index in [-0.39, 0.29) is 5.75 Å². The van der Waals surface area contributed by atoms with E-state index in [4.69, 9.17) is 0 Å². The van der Waals surface area contributed by atoms with E-state index in [9.17, 15) is 47.9 Å². The van der Waals surface area contributed by atoms with Crippen LogP contribution in [-0.4, -0.2) is 31.1 Å². The summed E-state index contributed by atoms with van der Waals surface area (Å²) >= 11 is -1.79. The van der Waals surface area contributed by atoms with Crippen molar-refractivity contribution in [2.75, 3.05) is 0 Å². The Labute approximate surface area is 185 Å². The molecular weight excluding hydrogens is 521 g/mol. The highest BCUT2D eigenvalue weighted by Crippen LogP contribution is 2.53. The molecule has 0 spiro atoms. The SMILES string of the molecule is O=S(=O)(NC(F)(F)F)C(F)(F)C(F)(F)C(F)(F)SOOOc1ccc(C2CCCCC2)cc1. The maximum absolute atomic E-state index is 13.5. The van der Waals surface area contributed by atoms with Gasteiger partial charge in [0.2, 0.25) is 0 Å². The van der Waals surface area contributed by atoms with Crippen LogP contribution in [0.3, 0.4) is 0 Å². The van der Waals surface area contributed by atoms with E-state index < -0.39 is 49.5 Å². The van der Waals surface area contributed by atoms with Gasteiger partial charge in [0, 0.05) is 0 Å². The van der Waals surface area contributed by atoms with Crippen molar-refractivity contribution < 1.29 is 62.2 Å². The van der Waals surface area contributed by atoms with Gasteiger partial charge in [-0.2, -0.15) is 39.5 Å². The molecule has 0 saturated heterocycles. The van der Waals surface area contributed by atoms with Crippen molar-refractivity contribution in [3.8, 4) is 5.75 Å². The summed E-state index contributed by atoms with van der Waals surface area (Å²) < 4.78 is 142. The lowest BCUT2D eigenvalue weighted by Gasteiger charge is -2.30. The normalized spacial score (nSPS) is 17.2. The quantitative estimate of drug-likeness (QED) is 0.100. The summed E-state index contributed by atoms with van der Waals surface area (Å²) in [6, 6.07) is 5.91. The lowest BCUT2D eigenvalue weighted by atomic mass is 9.84. The zero-order chi connectivity index (χ0) is 25.1. The molecule has 17 heteroatoms. The van der Waals surface area contributed by atoms with E-state index in [0.717, 1.165) is 37.7 Å². The Morgan fingerprint density at radius 2 is 1.42 bits per heavy atom. The molecule has 0 aromatic heterocycles. The van der Waals surface area contributed by atoms with Crippen LogP contribution in [0.5, 0.6) is 5.75 Å². The van der Waals surface area contributed by atoms with Crippen molar-refractivity contribution in [1.82, 2.24) is 4.72 Å². The molecule has 1 aliphatic carbocycles. The van der Waals surface area contributed by atoms with Crippen LogP contribution in [-0.2, 0) is 19.4 Å². The van der Waals surface area contributed by atoms with Crippen molar-refractivity contribution in [2.45, 2.75) is 60.8 Å². The molecular formula is C16H16F9NO5S2. The predicted octanol–water partition coefficient (Wildman–Crippen LogP) is 5.88. The molecule has 1 aromatic carbocycles. The zero-order valence-electron chi connectivity index (χ0n) is 16.2. The van der Waals surface area contributed by atoms with Gasteiger partial charge in [0.25, 0.3) is 10.0 Å². The van der Waals surface area contributed by atoms with Crippen LogP contribution >= 0.6 is 12.0 Å². The first-order valence-corrected chi connectivity index (χ1v) is 11.3. The smallest absolute Gasteiger partial charge is 0.307 e. The van der Waals surface area contributed by atoms with Gasteiger partial charge in [-0.3, -0.25) is 0 Å². The van der Waals surface area contributed by atoms with E-state index in [1.807, 2.05) is 0 Å². The van der Waals surface area contributed by atoms with Crippen molar-refractivity contribution in [1.29, 1.82) is 0 Å². The van der Waals surface area contributed by atoms with Gasteiger partial charge in [-0.1, -0.05) is 31.4 Å². The van der Waals surface area contributed by atoms with Crippen molar-refractivity contribution in [2.24, 2.45) is 0 Å². The number of hydrogen-bond acceptors (Lipinski definition) is 6. The third-order valence-electron chi connectivity index (χ3n) is 4.57. The molecule has 1 N–H and O–H groups in total. The van der Waals surface area contributed by atoms with Crippen LogP contribution < -0.4 is 9.61 Å². The van der Waals surface area contributed by atoms with Gasteiger partial charge < -0.3 is 4.89 Å². The van der Waals surface area contributed by atoms with Gasteiger partial charge in [-0.15, -0.1) is 9.06 Å². The molecule has 0 radical (unpaired) electrons. The Morgan fingerprint density at radius 1 is 0.879 bits per heavy atom. The minimum Gasteiger partial charge on any atom is -0.307 e. The van der Waals surface area contributed by atoms with Crippen molar-refractivity contribution in [3.05, 3.63) is 29.8 Å². The molecule has 2 rings (SSSR count). The van der Waals surface area contributed by atoms with Gasteiger partial charge >= 0.3 is 22.7 Å². The molecule has 0 bridgehead atoms. The number of rotatable bonds is 10. The molecule has 190 valence electrons. The average molecular weight is 537 g/mol. The summed E-state index contributed by atoms with van der Waals surface area (Å²) in [5.74, 6) is -6.70. The summed E-state index contributed by atoms with van der Waals surface area (Å²) in [7, 11) is -7.32. The maximum atomic E-state index is 13.5. The molecule has 1 aliphatic rings. The minimum atomic E-state index is -7.32. The molecule has 0 unspecified atom stereocenters. The maximum Gasteiger partial charge on any atom is 0.470 e. The average Bonchev–Trinajstić information content (AvgIpc) is 2.70. The second-order valence-corrected chi connectivity index (χ2v) is 9.46. The molecule has 0 aliphatic heterocycles. The van der Waals surface area contributed by atoms with E-state index in [1.54, 1.807) is 12.1 Å². The van der Waals surface area contributed by atoms with E-state index >= 15 is 0 Å². The van der Waals surface area contributed by atoms with Crippen molar-refractivity contribution in [3.63, 3.8) is 0 Å². The van der Waals surface area contributed by atoms with Gasteiger partial charge in [0.15, 0.2) is 5.75 Å². The number of hydrogen-bond donors (Lipinski definition) is 1. The van der Waals surface area contributed by atoms with Crippen LogP contribution in [0, 0.1) is 0 Å². The number of benzene rings is 1. The summed E-state index contributed by atoms with van der Waals surface area (Å²) in [5, 5.41) is -9.20. The highest BCUT2D eigenvalue weighted by atomic mass is 32.2. The fourth-order valence-corrected chi connectivity index (χ4v) is 4.29. The molecule has 6 nitrogen and oxygen atoms in total. The first kappa shape index (κ1) is 27.8. The number of alkyl halides is 9. The van der Waals surface area contributed by atoms with Crippen LogP contribution in [0.1, 0.15) is 43.6 Å². The Kier molecular flexibility index (Phi) is 8.47. The minimum absolute atomic E-state index is 0.146. The Balaban J connectivity index is 1.95. The molecule has 33 heavy (non-hydrogen) atoms. The molecule has 0 atom stereocenters. The number of halogens is 9. The fourth-order valence-electron chi connectivity index (χ4n) is 2.95. The summed E-state index contributed by atoms with van der Waals surface area (Å²) in [6.07, 6.45) is -0.941. The predicted molar refractivity (Wildman–Crippen MR) is 95.6 cm³/mol. The summed E-state index contributed by atoms with van der Waals surface area (Å²) in [5.41, 5.74) is 0.958. The standard InChI is InChI=1S/C16H16F9NO5S2/c17-13(18,15(21,22)33(27,28)26-16(23,24)25)14(19,20)32-31-30-29-12-8-6-11(7-9-12)10-4-2-1-3-5-10/h6-10,26H,1-5H2. The lowest BCUT2D eigenvalue weighted by molar-refractivity contribution is -0.406. The van der Waals surface area contributed by atoms with Gasteiger partial charge in [-0.25, -0.2) is 8.42 Å². The largest absolute Gasteiger partial charge is 0.470 e. The van der Waals surface area contributed by atoms with Crippen LogP contribution in [0.15, 0.2) is 24.3 Å². The lowest BCUT2D eigenvalue weighted by Crippen LogP contribution is -2.61. The molecule has 1 saturated carbocycles. The monoisotopic (exact) mass is 537 g/mol. The molecule has 1 fully saturated rings. The second kappa shape index (κ2) is 10.1. The molecule has 0 amide bonds. The Bertz CT molecular complexity index is 889. The summed E-state index contributed by atoms with van der Waals surface area (Å²) in [6.45, 7) is 0. The zero-order valence-corrected chi connectivity index (χ0v) is 17.8. The number of sulfonamides is 1. The fraction of sp³-hybridized carbons (Fsp3) is 0.625. The Morgan fingerprint density at radius 3 is 1.94 bits per heavy atom. The third-order valence-corrected chi connectivity index (χ3v) is 6.59. The topological polar surface area (TPSA) is 73.9 Å². The van der Waals surface area contributed by atoms with Crippen molar-refractivity contribution >= 4 is 22.1 Å². The molecule has 1 aromatic rings. The van der Waals surface area contributed by atoms with E-state index in [2.05, 4.69) is 14.3 Å². The Hall–Kier alpha value is -1.43. The van der Waals surface area contributed by atoms with Crippen LogP contribution in [0.25, 0.3) is 0 Å². The van der Waals surface area contributed by atoms with Crippen LogP contribution in [0.4, 0.5) is 39.5 Å². The first-order chi connectivity index (χ1) is 15.0. The van der Waals surface area contributed by atoms with E-state index in [0.29, 0.717) is 5.92 Å². The van der Waals surface area contributed by atoms with Crippen LogP contribution in [0.2, 0.25) is 0 Å². The summed E-state index contributed by atoms with van der Waals surface area (Å²) in [4.78, 5) is 4.39. The second-order valence-electron chi connectivity index (χ2n) is 6.92. The highest BCUT2D eigenvalue weighted by Gasteiger charge is 2.79. The molecule has 0 heterocycles. The van der Waals surface area contributed by atoms with E-state index in [1.165, 1.54) is 12.1 Å². The van der Waals surface area contributed by atoms with Gasteiger partial charge in [-0.05, 0) is 41.5 Å².